The van der Waals surface area contributed by atoms with Crippen molar-refractivity contribution in [2.45, 2.75) is 12.8 Å². The molecule has 1 aromatic heterocycles. The third-order valence-corrected chi connectivity index (χ3v) is 5.02. The van der Waals surface area contributed by atoms with E-state index in [0.29, 0.717) is 11.4 Å². The molecule has 0 spiro atoms. The van der Waals surface area contributed by atoms with Crippen LogP contribution in [0.3, 0.4) is 0 Å². The van der Waals surface area contributed by atoms with E-state index in [1.54, 1.807) is 7.11 Å². The second kappa shape index (κ2) is 6.62. The molecule has 0 fully saturated rings. The van der Waals surface area contributed by atoms with Crippen molar-refractivity contribution >= 4 is 29.0 Å². The number of ether oxygens (including phenoxy) is 1. The van der Waals surface area contributed by atoms with Crippen molar-refractivity contribution in [3.8, 4) is 11.4 Å². The number of anilines is 1. The van der Waals surface area contributed by atoms with Crippen LogP contribution in [0.4, 0.5) is 5.82 Å². The number of aromatic nitrogens is 2. The van der Waals surface area contributed by atoms with Crippen LogP contribution in [0.15, 0.2) is 42.5 Å². The average Bonchev–Trinajstić information content (AvgIpc) is 3.20. The van der Waals surface area contributed by atoms with Gasteiger partial charge in [0.15, 0.2) is 0 Å². The summed E-state index contributed by atoms with van der Waals surface area (Å²) < 4.78 is 7.38. The number of rotatable bonds is 4. The van der Waals surface area contributed by atoms with Crippen molar-refractivity contribution in [2.75, 3.05) is 19.0 Å². The zero-order chi connectivity index (χ0) is 17.4. The molecule has 25 heavy (non-hydrogen) atoms. The van der Waals surface area contributed by atoms with Crippen LogP contribution in [-0.2, 0) is 12.8 Å². The van der Waals surface area contributed by atoms with Gasteiger partial charge in [0, 0.05) is 28.6 Å². The molecule has 4 rings (SSSR count). The summed E-state index contributed by atoms with van der Waals surface area (Å²) in [6.45, 7) is 0.894. The molecule has 0 saturated heterocycles. The summed E-state index contributed by atoms with van der Waals surface area (Å²) in [5, 5.41) is 9.68. The van der Waals surface area contributed by atoms with Crippen LogP contribution >= 0.6 is 23.2 Å². The monoisotopic (exact) mass is 373 g/mol. The Kier molecular flexibility index (Phi) is 4.32. The lowest BCUT2D eigenvalue weighted by molar-refractivity contribution is 0.412. The summed E-state index contributed by atoms with van der Waals surface area (Å²) in [6.07, 6.45) is 1.64. The Hall–Kier alpha value is -2.17. The summed E-state index contributed by atoms with van der Waals surface area (Å²) in [6, 6.07) is 13.4. The van der Waals surface area contributed by atoms with E-state index in [0.717, 1.165) is 46.5 Å². The van der Waals surface area contributed by atoms with Gasteiger partial charge in [-0.05, 0) is 36.2 Å². The van der Waals surface area contributed by atoms with Gasteiger partial charge in [-0.2, -0.15) is 5.10 Å². The van der Waals surface area contributed by atoms with Gasteiger partial charge in [0.1, 0.15) is 17.3 Å². The zero-order valence-corrected chi connectivity index (χ0v) is 15.2. The van der Waals surface area contributed by atoms with Crippen molar-refractivity contribution in [2.24, 2.45) is 0 Å². The summed E-state index contributed by atoms with van der Waals surface area (Å²) in [7, 11) is 1.65. The Labute approximate surface area is 156 Å². The van der Waals surface area contributed by atoms with Gasteiger partial charge in [-0.25, -0.2) is 4.68 Å². The molecule has 0 amide bonds. The van der Waals surface area contributed by atoms with Crippen molar-refractivity contribution in [3.63, 3.8) is 0 Å². The maximum atomic E-state index is 6.33. The SMILES string of the molecule is COc1ccc(Cl)cc1-n1nc(Cc2ccccc2Cl)c2c1NCC2. The lowest BCUT2D eigenvalue weighted by atomic mass is 10.1. The molecule has 0 saturated carbocycles. The summed E-state index contributed by atoms with van der Waals surface area (Å²) in [4.78, 5) is 0. The highest BCUT2D eigenvalue weighted by Crippen LogP contribution is 2.35. The van der Waals surface area contributed by atoms with Crippen LogP contribution in [0.2, 0.25) is 10.0 Å². The van der Waals surface area contributed by atoms with Gasteiger partial charge < -0.3 is 10.1 Å². The van der Waals surface area contributed by atoms with E-state index in [2.05, 4.69) is 5.32 Å². The van der Waals surface area contributed by atoms with Crippen LogP contribution in [0, 0.1) is 0 Å². The van der Waals surface area contributed by atoms with E-state index in [-0.39, 0.29) is 0 Å². The summed E-state index contributed by atoms with van der Waals surface area (Å²) >= 11 is 12.5. The van der Waals surface area contributed by atoms with E-state index in [1.807, 2.05) is 47.1 Å². The molecule has 0 aliphatic carbocycles. The fourth-order valence-electron chi connectivity index (χ4n) is 3.21. The van der Waals surface area contributed by atoms with Gasteiger partial charge in [-0.1, -0.05) is 41.4 Å². The molecule has 4 nitrogen and oxygen atoms in total. The van der Waals surface area contributed by atoms with Gasteiger partial charge >= 0.3 is 0 Å². The van der Waals surface area contributed by atoms with E-state index >= 15 is 0 Å². The predicted molar refractivity (Wildman–Crippen MR) is 102 cm³/mol. The molecule has 128 valence electrons. The Bertz CT molecular complexity index is 936. The third-order valence-electron chi connectivity index (χ3n) is 4.42. The molecule has 0 bridgehead atoms. The number of nitrogens with zero attached hydrogens (tertiary/aromatic N) is 2. The number of fused-ring (bicyclic) bond motifs is 1. The molecular weight excluding hydrogens is 357 g/mol. The number of benzene rings is 2. The van der Waals surface area contributed by atoms with Crippen molar-refractivity contribution in [3.05, 3.63) is 69.3 Å². The highest BCUT2D eigenvalue weighted by molar-refractivity contribution is 6.31. The van der Waals surface area contributed by atoms with Gasteiger partial charge in [0.25, 0.3) is 0 Å². The first kappa shape index (κ1) is 16.3. The number of methoxy groups -OCH3 is 1. The number of hydrogen-bond acceptors (Lipinski definition) is 3. The molecule has 2 aromatic carbocycles. The highest BCUT2D eigenvalue weighted by Gasteiger charge is 2.24. The predicted octanol–water partition coefficient (Wildman–Crippen LogP) is 4.75. The second-order valence-corrected chi connectivity index (χ2v) is 6.79. The van der Waals surface area contributed by atoms with E-state index in [1.165, 1.54) is 5.56 Å². The number of nitrogens with one attached hydrogen (secondary N) is 1. The van der Waals surface area contributed by atoms with Gasteiger partial charge in [0.05, 0.1) is 12.8 Å². The van der Waals surface area contributed by atoms with Crippen LogP contribution in [0.5, 0.6) is 5.75 Å². The molecule has 2 heterocycles. The van der Waals surface area contributed by atoms with Crippen molar-refractivity contribution in [1.82, 2.24) is 9.78 Å². The number of halogens is 2. The Morgan fingerprint density at radius 2 is 2.04 bits per heavy atom. The van der Waals surface area contributed by atoms with Crippen molar-refractivity contribution < 1.29 is 4.74 Å². The lowest BCUT2D eigenvalue weighted by Gasteiger charge is -2.11. The zero-order valence-electron chi connectivity index (χ0n) is 13.7. The van der Waals surface area contributed by atoms with Crippen LogP contribution in [0.25, 0.3) is 5.69 Å². The molecule has 1 aliphatic rings. The maximum absolute atomic E-state index is 6.33. The second-order valence-electron chi connectivity index (χ2n) is 5.95. The molecule has 0 atom stereocenters. The molecule has 1 N–H and O–H groups in total. The van der Waals surface area contributed by atoms with Gasteiger partial charge in [-0.15, -0.1) is 0 Å². The van der Waals surface area contributed by atoms with E-state index in [9.17, 15) is 0 Å². The molecular formula is C19H17Cl2N3O. The Morgan fingerprint density at radius 3 is 2.84 bits per heavy atom. The first-order chi connectivity index (χ1) is 12.2. The van der Waals surface area contributed by atoms with Gasteiger partial charge in [0.2, 0.25) is 0 Å². The van der Waals surface area contributed by atoms with Crippen molar-refractivity contribution in [1.29, 1.82) is 0 Å². The first-order valence-corrected chi connectivity index (χ1v) is 8.85. The van der Waals surface area contributed by atoms with Crippen LogP contribution < -0.4 is 10.1 Å². The molecule has 3 aromatic rings. The Morgan fingerprint density at radius 1 is 1.20 bits per heavy atom. The first-order valence-electron chi connectivity index (χ1n) is 8.09. The fourth-order valence-corrected chi connectivity index (χ4v) is 3.58. The normalized spacial score (nSPS) is 12.8. The molecule has 1 aliphatic heterocycles. The highest BCUT2D eigenvalue weighted by atomic mass is 35.5. The minimum atomic E-state index is 0.644. The number of hydrogen-bond donors (Lipinski definition) is 1. The largest absolute Gasteiger partial charge is 0.494 e. The van der Waals surface area contributed by atoms with Gasteiger partial charge in [-0.3, -0.25) is 0 Å². The van der Waals surface area contributed by atoms with Crippen LogP contribution in [-0.4, -0.2) is 23.4 Å². The molecule has 0 radical (unpaired) electrons. The van der Waals surface area contributed by atoms with E-state index in [4.69, 9.17) is 33.0 Å². The maximum Gasteiger partial charge on any atom is 0.144 e. The smallest absolute Gasteiger partial charge is 0.144 e. The minimum Gasteiger partial charge on any atom is -0.494 e. The summed E-state index contributed by atoms with van der Waals surface area (Å²) in [5.74, 6) is 1.73. The summed E-state index contributed by atoms with van der Waals surface area (Å²) in [5.41, 5.74) is 4.14. The lowest BCUT2D eigenvalue weighted by Crippen LogP contribution is -2.06. The minimum absolute atomic E-state index is 0.644. The third kappa shape index (κ3) is 2.96. The quantitative estimate of drug-likeness (QED) is 0.717. The Balaban J connectivity index is 1.81. The molecule has 6 heteroatoms. The molecule has 0 unspecified atom stereocenters. The topological polar surface area (TPSA) is 39.1 Å². The van der Waals surface area contributed by atoms with Crippen LogP contribution in [0.1, 0.15) is 16.8 Å². The van der Waals surface area contributed by atoms with E-state index < -0.39 is 0 Å². The standard InChI is InChI=1S/C19H17Cl2N3O/c1-25-18-7-6-13(20)11-17(18)24-19-14(8-9-22-19)16(23-24)10-12-4-2-3-5-15(12)21/h2-7,11,22H,8-10H2,1H3. The average molecular weight is 374 g/mol. The fraction of sp³-hybridized carbons (Fsp3) is 0.211.